The third-order valence-corrected chi connectivity index (χ3v) is 1.86. The summed E-state index contributed by atoms with van der Waals surface area (Å²) in [4.78, 5) is 0. The zero-order valence-corrected chi connectivity index (χ0v) is 8.38. The normalized spacial score (nSPS) is 12.1. The van der Waals surface area contributed by atoms with Crippen molar-refractivity contribution in [3.05, 3.63) is 41.7 Å². The SMILES string of the molecule is CO/C=C(/C#N)c1cccc(C(F)(F)F)c1. The minimum absolute atomic E-state index is 0.0496. The summed E-state index contributed by atoms with van der Waals surface area (Å²) in [6, 6.07) is 6.30. The van der Waals surface area contributed by atoms with Gasteiger partial charge in [-0.1, -0.05) is 12.1 Å². The third-order valence-electron chi connectivity index (χ3n) is 1.86. The first kappa shape index (κ1) is 12.1. The number of ether oxygens (including phenoxy) is 1. The predicted octanol–water partition coefficient (Wildman–Crippen LogP) is 3.22. The average molecular weight is 227 g/mol. The fraction of sp³-hybridized carbons (Fsp3) is 0.182. The topological polar surface area (TPSA) is 33.0 Å². The van der Waals surface area contributed by atoms with Crippen LogP contribution in [0.3, 0.4) is 0 Å². The molecule has 0 amide bonds. The van der Waals surface area contributed by atoms with Crippen molar-refractivity contribution >= 4 is 5.57 Å². The molecule has 0 heterocycles. The van der Waals surface area contributed by atoms with Crippen LogP contribution in [0.2, 0.25) is 0 Å². The van der Waals surface area contributed by atoms with Gasteiger partial charge in [0.05, 0.1) is 18.2 Å². The second-order valence-corrected chi connectivity index (χ2v) is 2.96. The van der Waals surface area contributed by atoms with Gasteiger partial charge >= 0.3 is 6.18 Å². The summed E-state index contributed by atoms with van der Waals surface area (Å²) in [6.45, 7) is 0. The van der Waals surface area contributed by atoms with Crippen molar-refractivity contribution in [2.75, 3.05) is 7.11 Å². The highest BCUT2D eigenvalue weighted by Gasteiger charge is 2.30. The van der Waals surface area contributed by atoms with Crippen molar-refractivity contribution < 1.29 is 17.9 Å². The van der Waals surface area contributed by atoms with Crippen molar-refractivity contribution in [2.45, 2.75) is 6.18 Å². The second kappa shape index (κ2) is 4.71. The van der Waals surface area contributed by atoms with E-state index >= 15 is 0 Å². The maximum Gasteiger partial charge on any atom is 0.416 e. The first-order chi connectivity index (χ1) is 7.49. The molecule has 0 aliphatic heterocycles. The molecule has 0 aromatic heterocycles. The Morgan fingerprint density at radius 1 is 1.44 bits per heavy atom. The molecule has 5 heteroatoms. The van der Waals surface area contributed by atoms with Gasteiger partial charge in [-0.2, -0.15) is 18.4 Å². The Kier molecular flexibility index (Phi) is 3.56. The van der Waals surface area contributed by atoms with Crippen LogP contribution in [0.5, 0.6) is 0 Å². The summed E-state index contributed by atoms with van der Waals surface area (Å²) >= 11 is 0. The summed E-state index contributed by atoms with van der Waals surface area (Å²) in [5, 5.41) is 8.72. The minimum atomic E-state index is -4.41. The number of nitrogens with zero attached hydrogens (tertiary/aromatic N) is 1. The fourth-order valence-corrected chi connectivity index (χ4v) is 1.14. The molecule has 0 atom stereocenters. The molecule has 0 saturated carbocycles. The largest absolute Gasteiger partial charge is 0.503 e. The molecule has 0 radical (unpaired) electrons. The predicted molar refractivity (Wildman–Crippen MR) is 52.0 cm³/mol. The van der Waals surface area contributed by atoms with Gasteiger partial charge in [-0.15, -0.1) is 0 Å². The zero-order chi connectivity index (χ0) is 12.2. The molecule has 1 rings (SSSR count). The molecular weight excluding hydrogens is 219 g/mol. The van der Waals surface area contributed by atoms with E-state index in [-0.39, 0.29) is 11.1 Å². The first-order valence-electron chi connectivity index (χ1n) is 4.29. The smallest absolute Gasteiger partial charge is 0.416 e. The number of hydrogen-bond donors (Lipinski definition) is 0. The lowest BCUT2D eigenvalue weighted by molar-refractivity contribution is -0.137. The molecule has 1 aromatic carbocycles. The minimum Gasteiger partial charge on any atom is -0.503 e. The van der Waals surface area contributed by atoms with Crippen LogP contribution in [0.15, 0.2) is 30.5 Å². The standard InChI is InChI=1S/C11H8F3NO/c1-16-7-9(6-15)8-3-2-4-10(5-8)11(12,13)14/h2-5,7H,1H3/b9-7-. The number of methoxy groups -OCH3 is 1. The molecule has 1 aromatic rings. The maximum atomic E-state index is 12.4. The Labute approximate surface area is 90.6 Å². The summed E-state index contributed by atoms with van der Waals surface area (Å²) in [7, 11) is 1.32. The molecule has 84 valence electrons. The monoisotopic (exact) mass is 227 g/mol. The summed E-state index contributed by atoms with van der Waals surface area (Å²) in [5.41, 5.74) is -0.560. The van der Waals surface area contributed by atoms with Crippen LogP contribution in [-0.2, 0) is 10.9 Å². The van der Waals surface area contributed by atoms with Crippen LogP contribution in [0.1, 0.15) is 11.1 Å². The zero-order valence-electron chi connectivity index (χ0n) is 8.38. The Hall–Kier alpha value is -1.96. The van der Waals surface area contributed by atoms with Crippen molar-refractivity contribution in [1.29, 1.82) is 5.26 Å². The quantitative estimate of drug-likeness (QED) is 0.574. The van der Waals surface area contributed by atoms with Gasteiger partial charge in [0.25, 0.3) is 0 Å². The van der Waals surface area contributed by atoms with Crippen molar-refractivity contribution in [1.82, 2.24) is 0 Å². The number of hydrogen-bond acceptors (Lipinski definition) is 2. The van der Waals surface area contributed by atoms with E-state index in [0.717, 1.165) is 18.4 Å². The van der Waals surface area contributed by atoms with E-state index in [0.29, 0.717) is 0 Å². The highest BCUT2D eigenvalue weighted by atomic mass is 19.4. The molecule has 2 nitrogen and oxygen atoms in total. The van der Waals surface area contributed by atoms with Crippen LogP contribution in [0.4, 0.5) is 13.2 Å². The number of rotatable bonds is 2. The third kappa shape index (κ3) is 2.76. The molecule has 0 aliphatic rings. The molecule has 0 fully saturated rings. The maximum absolute atomic E-state index is 12.4. The number of benzene rings is 1. The molecule has 0 saturated heterocycles. The van der Waals surface area contributed by atoms with Crippen molar-refractivity contribution in [3.63, 3.8) is 0 Å². The van der Waals surface area contributed by atoms with E-state index in [9.17, 15) is 13.2 Å². The van der Waals surface area contributed by atoms with Gasteiger partial charge in [0.1, 0.15) is 12.3 Å². The number of alkyl halides is 3. The van der Waals surface area contributed by atoms with Crippen LogP contribution in [-0.4, -0.2) is 7.11 Å². The lowest BCUT2D eigenvalue weighted by Gasteiger charge is -2.07. The molecule has 0 N–H and O–H groups in total. The summed E-state index contributed by atoms with van der Waals surface area (Å²) in [5.74, 6) is 0. The van der Waals surface area contributed by atoms with Gasteiger partial charge in [0, 0.05) is 0 Å². The van der Waals surface area contributed by atoms with Gasteiger partial charge in [-0.05, 0) is 17.7 Å². The van der Waals surface area contributed by atoms with E-state index in [2.05, 4.69) is 4.74 Å². The Balaban J connectivity index is 3.18. The number of allylic oxidation sites excluding steroid dienone is 1. The van der Waals surface area contributed by atoms with Crippen LogP contribution < -0.4 is 0 Å². The Morgan fingerprint density at radius 2 is 2.12 bits per heavy atom. The molecule has 0 spiro atoms. The lowest BCUT2D eigenvalue weighted by Crippen LogP contribution is -2.04. The number of halogens is 3. The van der Waals surface area contributed by atoms with Crippen LogP contribution in [0.25, 0.3) is 5.57 Å². The highest BCUT2D eigenvalue weighted by molar-refractivity contribution is 5.76. The lowest BCUT2D eigenvalue weighted by atomic mass is 10.1. The molecule has 0 unspecified atom stereocenters. The number of nitriles is 1. The van der Waals surface area contributed by atoms with E-state index < -0.39 is 11.7 Å². The van der Waals surface area contributed by atoms with Gasteiger partial charge < -0.3 is 4.74 Å². The van der Waals surface area contributed by atoms with Gasteiger partial charge in [-0.25, -0.2) is 0 Å². The Bertz CT molecular complexity index is 443. The van der Waals surface area contributed by atoms with Crippen LogP contribution in [0, 0.1) is 11.3 Å². The summed E-state index contributed by atoms with van der Waals surface area (Å²) < 4.78 is 41.8. The van der Waals surface area contributed by atoms with Crippen molar-refractivity contribution in [2.24, 2.45) is 0 Å². The second-order valence-electron chi connectivity index (χ2n) is 2.96. The van der Waals surface area contributed by atoms with E-state index in [1.165, 1.54) is 19.2 Å². The van der Waals surface area contributed by atoms with E-state index in [1.807, 2.05) is 0 Å². The fourth-order valence-electron chi connectivity index (χ4n) is 1.14. The highest BCUT2D eigenvalue weighted by Crippen LogP contribution is 2.30. The first-order valence-corrected chi connectivity index (χ1v) is 4.29. The van der Waals surface area contributed by atoms with Crippen molar-refractivity contribution in [3.8, 4) is 6.07 Å². The molecule has 16 heavy (non-hydrogen) atoms. The average Bonchev–Trinajstić information content (AvgIpc) is 2.25. The van der Waals surface area contributed by atoms with Crippen LogP contribution >= 0.6 is 0 Å². The van der Waals surface area contributed by atoms with Gasteiger partial charge in [-0.3, -0.25) is 0 Å². The van der Waals surface area contributed by atoms with Gasteiger partial charge in [0.15, 0.2) is 0 Å². The van der Waals surface area contributed by atoms with E-state index in [4.69, 9.17) is 5.26 Å². The summed E-state index contributed by atoms with van der Waals surface area (Å²) in [6.07, 6.45) is -3.31. The molecule has 0 bridgehead atoms. The molecular formula is C11H8F3NO. The van der Waals surface area contributed by atoms with Gasteiger partial charge in [0.2, 0.25) is 0 Å². The Morgan fingerprint density at radius 3 is 2.62 bits per heavy atom. The molecule has 0 aliphatic carbocycles. The van der Waals surface area contributed by atoms with E-state index in [1.54, 1.807) is 6.07 Å².